The van der Waals surface area contributed by atoms with E-state index in [1.165, 1.54) is 11.8 Å². The Morgan fingerprint density at radius 2 is 2.09 bits per heavy atom. The van der Waals surface area contributed by atoms with Crippen molar-refractivity contribution < 1.29 is 4.74 Å². The van der Waals surface area contributed by atoms with Crippen LogP contribution in [0.25, 0.3) is 0 Å². The van der Waals surface area contributed by atoms with Crippen molar-refractivity contribution in [2.75, 3.05) is 23.9 Å². The van der Waals surface area contributed by atoms with Crippen molar-refractivity contribution in [3.05, 3.63) is 29.3 Å². The fraction of sp³-hybridized carbons (Fsp3) is 0.400. The van der Waals surface area contributed by atoms with E-state index in [9.17, 15) is 0 Å². The molecule has 0 fully saturated rings. The minimum atomic E-state index is 0.0471. The van der Waals surface area contributed by atoms with Gasteiger partial charge in [0.2, 0.25) is 11.9 Å². The second kappa shape index (κ2) is 7.31. The number of aryl methyl sites for hydroxylation is 1. The van der Waals surface area contributed by atoms with Gasteiger partial charge >= 0.3 is 0 Å². The Kier molecular flexibility index (Phi) is 5.43. The first-order valence-electron chi connectivity index (χ1n) is 7.09. The average Bonchev–Trinajstić information content (AvgIpc) is 2.46. The van der Waals surface area contributed by atoms with Crippen molar-refractivity contribution >= 4 is 23.7 Å². The fourth-order valence-corrected chi connectivity index (χ4v) is 2.65. The molecule has 6 nitrogen and oxygen atoms in total. The first kappa shape index (κ1) is 16.4. The highest BCUT2D eigenvalue weighted by atomic mass is 32.2. The van der Waals surface area contributed by atoms with Crippen molar-refractivity contribution in [3.63, 3.8) is 0 Å². The lowest BCUT2D eigenvalue weighted by atomic mass is 10.1. The molecule has 1 unspecified atom stereocenters. The summed E-state index contributed by atoms with van der Waals surface area (Å²) in [5.74, 6) is 2.48. The van der Waals surface area contributed by atoms with Crippen molar-refractivity contribution in [2.24, 2.45) is 0 Å². The van der Waals surface area contributed by atoms with Gasteiger partial charge in [-0.25, -0.2) is 0 Å². The predicted molar refractivity (Wildman–Crippen MR) is 90.4 cm³/mol. The monoisotopic (exact) mass is 319 g/mol. The second-order valence-corrected chi connectivity index (χ2v) is 6.06. The van der Waals surface area contributed by atoms with Gasteiger partial charge in [-0.3, -0.25) is 0 Å². The Morgan fingerprint density at radius 1 is 1.32 bits per heavy atom. The fourth-order valence-electron chi connectivity index (χ4n) is 2.08. The number of rotatable bonds is 6. The van der Waals surface area contributed by atoms with Crippen LogP contribution in [0.5, 0.6) is 5.75 Å². The summed E-state index contributed by atoms with van der Waals surface area (Å²) < 4.78 is 5.28. The highest BCUT2D eigenvalue weighted by Crippen LogP contribution is 2.24. The Bertz CT molecular complexity index is 650. The van der Waals surface area contributed by atoms with Crippen molar-refractivity contribution in [3.8, 4) is 5.75 Å². The number of ether oxygens (including phenoxy) is 1. The minimum Gasteiger partial charge on any atom is -0.496 e. The number of nitrogen functional groups attached to an aromatic ring is 1. The number of methoxy groups -OCH3 is 1. The summed E-state index contributed by atoms with van der Waals surface area (Å²) in [6.07, 6.45) is 0. The topological polar surface area (TPSA) is 86.0 Å². The van der Waals surface area contributed by atoms with Gasteiger partial charge in [0.15, 0.2) is 5.16 Å². The molecule has 3 N–H and O–H groups in total. The van der Waals surface area contributed by atoms with Crippen LogP contribution in [-0.4, -0.2) is 27.8 Å². The Morgan fingerprint density at radius 3 is 2.73 bits per heavy atom. The third kappa shape index (κ3) is 4.00. The van der Waals surface area contributed by atoms with Gasteiger partial charge in [-0.05, 0) is 36.8 Å². The highest BCUT2D eigenvalue weighted by Gasteiger charge is 2.11. The lowest BCUT2D eigenvalue weighted by Gasteiger charge is -2.16. The number of hydrogen-bond donors (Lipinski definition) is 2. The molecular formula is C15H21N5OS. The maximum atomic E-state index is 5.73. The van der Waals surface area contributed by atoms with Gasteiger partial charge in [0.1, 0.15) is 5.75 Å². The molecule has 2 aromatic rings. The van der Waals surface area contributed by atoms with Crippen LogP contribution in [0.15, 0.2) is 23.4 Å². The molecular weight excluding hydrogens is 298 g/mol. The Labute approximate surface area is 134 Å². The van der Waals surface area contributed by atoms with Gasteiger partial charge in [-0.15, -0.1) is 0 Å². The van der Waals surface area contributed by atoms with Gasteiger partial charge in [-0.2, -0.15) is 15.0 Å². The molecule has 22 heavy (non-hydrogen) atoms. The van der Waals surface area contributed by atoms with Crippen LogP contribution in [0.3, 0.4) is 0 Å². The first-order chi connectivity index (χ1) is 10.5. The van der Waals surface area contributed by atoms with Crippen molar-refractivity contribution in [1.82, 2.24) is 15.0 Å². The Hall–Kier alpha value is -2.02. The number of nitrogens with two attached hydrogens (primary N) is 1. The molecule has 0 aliphatic rings. The van der Waals surface area contributed by atoms with Gasteiger partial charge < -0.3 is 15.8 Å². The van der Waals surface area contributed by atoms with E-state index in [1.807, 2.05) is 32.9 Å². The Balaban J connectivity index is 2.17. The number of thioether (sulfide) groups is 1. The second-order valence-electron chi connectivity index (χ2n) is 4.83. The number of hydrogen-bond acceptors (Lipinski definition) is 7. The number of nitrogens with zero attached hydrogens (tertiary/aromatic N) is 3. The molecule has 0 radical (unpaired) electrons. The molecule has 7 heteroatoms. The van der Waals surface area contributed by atoms with E-state index in [1.54, 1.807) is 7.11 Å². The van der Waals surface area contributed by atoms with E-state index in [0.29, 0.717) is 11.1 Å². The van der Waals surface area contributed by atoms with Gasteiger partial charge in [-0.1, -0.05) is 30.8 Å². The summed E-state index contributed by atoms with van der Waals surface area (Å²) in [6.45, 7) is 6.11. The molecule has 1 aromatic carbocycles. The van der Waals surface area contributed by atoms with Crippen LogP contribution in [0.2, 0.25) is 0 Å². The van der Waals surface area contributed by atoms with Crippen LogP contribution < -0.4 is 15.8 Å². The lowest BCUT2D eigenvalue weighted by molar-refractivity contribution is 0.411. The van der Waals surface area contributed by atoms with Crippen LogP contribution in [-0.2, 0) is 0 Å². The molecule has 0 saturated heterocycles. The highest BCUT2D eigenvalue weighted by molar-refractivity contribution is 7.99. The number of nitrogens with one attached hydrogen (secondary N) is 1. The van der Waals surface area contributed by atoms with Crippen molar-refractivity contribution in [1.29, 1.82) is 0 Å². The summed E-state index contributed by atoms with van der Waals surface area (Å²) in [5.41, 5.74) is 7.95. The third-order valence-corrected chi connectivity index (χ3v) is 3.90. The first-order valence-corrected chi connectivity index (χ1v) is 8.07. The largest absolute Gasteiger partial charge is 0.496 e. The third-order valence-electron chi connectivity index (χ3n) is 3.17. The lowest BCUT2D eigenvalue weighted by Crippen LogP contribution is -2.12. The summed E-state index contributed by atoms with van der Waals surface area (Å²) in [7, 11) is 1.67. The van der Waals surface area contributed by atoms with Gasteiger partial charge in [0.05, 0.1) is 13.2 Å². The molecule has 0 amide bonds. The summed E-state index contributed by atoms with van der Waals surface area (Å²) in [6, 6.07) is 6.12. The standard InChI is InChI=1S/C15H21N5OS/c1-5-22-15-19-13(16)18-14(20-15)17-10(3)11-6-7-12(21-4)9(2)8-11/h6-8,10H,5H2,1-4H3,(H3,16,17,18,19,20). The zero-order chi connectivity index (χ0) is 16.1. The molecule has 1 aromatic heterocycles. The van der Waals surface area contributed by atoms with Crippen LogP contribution in [0.4, 0.5) is 11.9 Å². The molecule has 0 spiro atoms. The van der Waals surface area contributed by atoms with Gasteiger partial charge in [0.25, 0.3) is 0 Å². The summed E-state index contributed by atoms with van der Waals surface area (Å²) in [5, 5.41) is 3.90. The SMILES string of the molecule is CCSc1nc(N)nc(NC(C)c2ccc(OC)c(C)c2)n1. The van der Waals surface area contributed by atoms with E-state index in [4.69, 9.17) is 10.5 Å². The predicted octanol–water partition coefficient (Wildman–Crippen LogP) is 3.06. The van der Waals surface area contributed by atoms with E-state index in [2.05, 4.69) is 26.3 Å². The van der Waals surface area contributed by atoms with E-state index >= 15 is 0 Å². The molecule has 0 saturated carbocycles. The van der Waals surface area contributed by atoms with Crippen LogP contribution in [0.1, 0.15) is 31.0 Å². The zero-order valence-electron chi connectivity index (χ0n) is 13.3. The molecule has 1 heterocycles. The maximum absolute atomic E-state index is 5.73. The van der Waals surface area contributed by atoms with E-state index < -0.39 is 0 Å². The van der Waals surface area contributed by atoms with E-state index in [-0.39, 0.29) is 12.0 Å². The van der Waals surface area contributed by atoms with E-state index in [0.717, 1.165) is 22.6 Å². The molecule has 0 aliphatic heterocycles. The normalized spacial score (nSPS) is 12.0. The summed E-state index contributed by atoms with van der Waals surface area (Å²) in [4.78, 5) is 12.6. The molecule has 0 bridgehead atoms. The molecule has 2 rings (SSSR count). The van der Waals surface area contributed by atoms with Crippen molar-refractivity contribution in [2.45, 2.75) is 32.0 Å². The van der Waals surface area contributed by atoms with Crippen LogP contribution >= 0.6 is 11.8 Å². The number of anilines is 2. The number of aromatic nitrogens is 3. The summed E-state index contributed by atoms with van der Waals surface area (Å²) >= 11 is 1.54. The number of benzene rings is 1. The zero-order valence-corrected chi connectivity index (χ0v) is 14.1. The van der Waals surface area contributed by atoms with Crippen LogP contribution in [0, 0.1) is 6.92 Å². The van der Waals surface area contributed by atoms with Gasteiger partial charge in [0, 0.05) is 0 Å². The quantitative estimate of drug-likeness (QED) is 0.791. The maximum Gasteiger partial charge on any atom is 0.228 e. The molecule has 118 valence electrons. The molecule has 0 aliphatic carbocycles. The molecule has 1 atom stereocenters. The minimum absolute atomic E-state index is 0.0471. The average molecular weight is 319 g/mol. The smallest absolute Gasteiger partial charge is 0.228 e.